The Balaban J connectivity index is 0.000000446. The fourth-order valence-electron chi connectivity index (χ4n) is 8.64. The molecule has 1 radical (unpaired) electrons. The molecule has 0 aliphatic rings. The number of pyridine rings is 2. The molecular weight excluding hydrogens is 1100 g/mol. The molecule has 3 aromatic heterocycles. The monoisotopic (exact) mass is 1160 g/mol. The molecule has 9 rings (SSSR count). The van der Waals surface area contributed by atoms with Gasteiger partial charge in [-0.1, -0.05) is 122 Å². The molecule has 0 atom stereocenters. The average Bonchev–Trinajstić information content (AvgIpc) is 3.73. The molecule has 0 unspecified atom stereocenters. The van der Waals surface area contributed by atoms with Crippen LogP contribution in [0.4, 0.5) is 25.8 Å². The van der Waals surface area contributed by atoms with E-state index in [4.69, 9.17) is 14.2 Å². The van der Waals surface area contributed by atoms with Crippen molar-refractivity contribution in [2.24, 2.45) is 0 Å². The third-order valence-corrected chi connectivity index (χ3v) is 12.2. The number of aromatic carboxylic acids is 1. The van der Waals surface area contributed by atoms with Crippen molar-refractivity contribution in [3.05, 3.63) is 217 Å². The molecule has 0 saturated heterocycles. The molecule has 377 valence electrons. The van der Waals surface area contributed by atoms with E-state index in [0.717, 1.165) is 100 Å². The van der Waals surface area contributed by atoms with Gasteiger partial charge in [-0.2, -0.15) is 0 Å². The maximum atomic E-state index is 13.2. The molecule has 0 aliphatic carbocycles. The predicted molar refractivity (Wildman–Crippen MR) is 282 cm³/mol. The number of unbranched alkanes of at least 4 members (excludes halogenated alkanes) is 6. The second kappa shape index (κ2) is 28.2. The van der Waals surface area contributed by atoms with Crippen molar-refractivity contribution in [3.63, 3.8) is 0 Å². The Hall–Kier alpha value is -7.08. The first-order valence-corrected chi connectivity index (χ1v) is 24.7. The summed E-state index contributed by atoms with van der Waals surface area (Å²) in [7, 11) is 0. The first kappa shape index (κ1) is 53.7. The zero-order valence-corrected chi connectivity index (χ0v) is 43.1. The molecule has 6 aromatic carbocycles. The minimum absolute atomic E-state index is 0. The summed E-state index contributed by atoms with van der Waals surface area (Å²) in [5.41, 5.74) is 8.87. The summed E-state index contributed by atoms with van der Waals surface area (Å²) in [6, 6.07) is 57.9. The molecule has 9 aromatic rings. The Kier molecular flexibility index (Phi) is 20.8. The van der Waals surface area contributed by atoms with Crippen molar-refractivity contribution in [2.75, 3.05) is 24.7 Å². The minimum atomic E-state index is -1.07. The number of para-hydroxylation sites is 3. The predicted octanol–water partition coefficient (Wildman–Crippen LogP) is 15.1. The van der Waals surface area contributed by atoms with E-state index >= 15 is 0 Å². The number of anilines is 3. The van der Waals surface area contributed by atoms with Gasteiger partial charge in [-0.3, -0.25) is 8.78 Å². The van der Waals surface area contributed by atoms with E-state index in [-0.39, 0.29) is 31.4 Å². The number of aryl methyl sites for hydroxylation is 1. The molecule has 12 heteroatoms. The van der Waals surface area contributed by atoms with E-state index in [2.05, 4.69) is 141 Å². The van der Waals surface area contributed by atoms with E-state index < -0.39 is 17.6 Å². The number of halogens is 2. The molecule has 9 nitrogen and oxygen atoms in total. The third-order valence-electron chi connectivity index (χ3n) is 12.2. The normalized spacial score (nSPS) is 10.9. The van der Waals surface area contributed by atoms with Crippen LogP contribution < -0.4 is 9.64 Å². The number of carboxylic acid groups (broad SMARTS) is 1. The maximum absolute atomic E-state index is 13.2. The standard InChI is InChI=1S/C50H53N3O5.C11H6F2N.Ir/c54-50(55)49-48(24-17-31-51-49)58-35-16-2-1-13-32-52-46-23-12-11-22-44(46)45-36-40(27-30-47(45)52)38-57-34-15-4-3-14-33-56-37-39-25-28-43(29-26-39)53(41-18-7-5-8-19-41)42-20-9-6-10-21-42;12-8-4-5-9(10(13)7-8)11-3-1-2-6-14-11;/h5-12,17-31,36H,1-4,13-16,32-35,37-38H2,(H,54,55);1-4,6-7H;/q;-1;. The van der Waals surface area contributed by atoms with Crippen LogP contribution in [0.15, 0.2) is 182 Å². The number of carboxylic acids is 1. The number of nitrogens with zero attached hydrogens (tertiary/aromatic N) is 4. The molecule has 1 N–H and O–H groups in total. The Morgan fingerprint density at radius 1 is 0.575 bits per heavy atom. The number of rotatable bonds is 24. The number of hydrogen-bond donors (Lipinski definition) is 1. The summed E-state index contributed by atoms with van der Waals surface area (Å²) >= 11 is 0. The Bertz CT molecular complexity index is 3050. The van der Waals surface area contributed by atoms with Crippen molar-refractivity contribution >= 4 is 44.8 Å². The summed E-state index contributed by atoms with van der Waals surface area (Å²) in [4.78, 5) is 21.5. The third kappa shape index (κ3) is 15.2. The van der Waals surface area contributed by atoms with Gasteiger partial charge >= 0.3 is 5.97 Å². The van der Waals surface area contributed by atoms with E-state index in [1.807, 2.05) is 12.1 Å². The Morgan fingerprint density at radius 3 is 1.84 bits per heavy atom. The SMILES string of the molecule is Fc1c[c-]c(-c2ccccn2)c(F)c1.O=C(O)c1ncccc1OCCCCCCn1c2ccccc2c2cc(COCCCCCCOCc3ccc(N(c4ccccc4)c4ccccc4)cc3)ccc21.[Ir]. The van der Waals surface area contributed by atoms with Gasteiger partial charge in [-0.15, -0.1) is 12.1 Å². The van der Waals surface area contributed by atoms with Gasteiger partial charge in [0.15, 0.2) is 11.4 Å². The average molecular weight is 1160 g/mol. The van der Waals surface area contributed by atoms with Crippen LogP contribution in [0.5, 0.6) is 5.75 Å². The summed E-state index contributed by atoms with van der Waals surface area (Å²) < 4.78 is 46.1. The number of fused-ring (bicyclic) bond motifs is 3. The largest absolute Gasteiger partial charge is 0.491 e. The quantitative estimate of drug-likeness (QED) is 0.0472. The smallest absolute Gasteiger partial charge is 0.358 e. The Labute approximate surface area is 439 Å². The van der Waals surface area contributed by atoms with Crippen LogP contribution >= 0.6 is 0 Å². The zero-order chi connectivity index (χ0) is 49.7. The van der Waals surface area contributed by atoms with Crippen molar-refractivity contribution in [3.8, 4) is 17.0 Å². The summed E-state index contributed by atoms with van der Waals surface area (Å²) in [5.74, 6) is -2.03. The van der Waals surface area contributed by atoms with Gasteiger partial charge in [0.25, 0.3) is 0 Å². The number of carbonyl (C=O) groups is 1. The van der Waals surface area contributed by atoms with Crippen LogP contribution in [0.2, 0.25) is 0 Å². The van der Waals surface area contributed by atoms with Gasteiger partial charge in [-0.25, -0.2) is 9.78 Å². The minimum Gasteiger partial charge on any atom is -0.491 e. The summed E-state index contributed by atoms with van der Waals surface area (Å²) in [6.45, 7) is 4.16. The van der Waals surface area contributed by atoms with E-state index in [9.17, 15) is 18.7 Å². The second-order valence-electron chi connectivity index (χ2n) is 17.4. The molecule has 0 fully saturated rings. The molecular formula is C61H59F2IrN4O5-. The zero-order valence-electron chi connectivity index (χ0n) is 40.7. The fourth-order valence-corrected chi connectivity index (χ4v) is 8.64. The molecule has 0 saturated carbocycles. The molecule has 0 amide bonds. The second-order valence-corrected chi connectivity index (χ2v) is 17.4. The number of aromatic nitrogens is 3. The number of ether oxygens (including phenoxy) is 3. The van der Waals surface area contributed by atoms with Gasteiger partial charge in [-0.05, 0) is 115 Å². The van der Waals surface area contributed by atoms with Crippen LogP contribution in [0.3, 0.4) is 0 Å². The van der Waals surface area contributed by atoms with E-state index in [1.54, 1.807) is 36.5 Å². The van der Waals surface area contributed by atoms with Gasteiger partial charge in [0.05, 0.1) is 19.8 Å². The number of hydrogen-bond acceptors (Lipinski definition) is 7. The van der Waals surface area contributed by atoms with Gasteiger partial charge in [0, 0.05) is 103 Å². The molecule has 0 bridgehead atoms. The van der Waals surface area contributed by atoms with Crippen molar-refractivity contribution in [2.45, 2.75) is 71.1 Å². The van der Waals surface area contributed by atoms with Crippen LogP contribution in [0.1, 0.15) is 73.0 Å². The first-order chi connectivity index (χ1) is 35.4. The first-order valence-electron chi connectivity index (χ1n) is 24.7. The summed E-state index contributed by atoms with van der Waals surface area (Å²) in [6.07, 6.45) is 11.3. The summed E-state index contributed by atoms with van der Waals surface area (Å²) in [5, 5.41) is 11.9. The van der Waals surface area contributed by atoms with Crippen molar-refractivity contribution in [1.82, 2.24) is 14.5 Å². The van der Waals surface area contributed by atoms with Crippen LogP contribution in [0, 0.1) is 17.7 Å². The van der Waals surface area contributed by atoms with Crippen molar-refractivity contribution in [1.29, 1.82) is 0 Å². The van der Waals surface area contributed by atoms with E-state index in [0.29, 0.717) is 31.3 Å². The van der Waals surface area contributed by atoms with Crippen LogP contribution in [0.25, 0.3) is 33.1 Å². The van der Waals surface area contributed by atoms with Crippen molar-refractivity contribution < 1.29 is 53.0 Å². The fraction of sp³-hybridized carbons (Fsp3) is 0.230. The van der Waals surface area contributed by atoms with Gasteiger partial charge < -0.3 is 33.8 Å². The van der Waals surface area contributed by atoms with Gasteiger partial charge in [0.2, 0.25) is 0 Å². The molecule has 3 heterocycles. The topological polar surface area (TPSA) is 98.9 Å². The number of benzene rings is 6. The molecule has 0 spiro atoms. The van der Waals surface area contributed by atoms with Gasteiger partial charge in [0.1, 0.15) is 0 Å². The van der Waals surface area contributed by atoms with Crippen LogP contribution in [-0.2, 0) is 49.3 Å². The Morgan fingerprint density at radius 2 is 1.16 bits per heavy atom. The maximum Gasteiger partial charge on any atom is 0.358 e. The molecule has 73 heavy (non-hydrogen) atoms. The van der Waals surface area contributed by atoms with Crippen LogP contribution in [-0.4, -0.2) is 45.4 Å². The molecule has 0 aliphatic heterocycles. The van der Waals surface area contributed by atoms with E-state index in [1.165, 1.54) is 39.1 Å².